The molecule has 0 aliphatic heterocycles. The quantitative estimate of drug-likeness (QED) is 0.728. The van der Waals surface area contributed by atoms with Crippen LogP contribution in [0.1, 0.15) is 20.8 Å². The minimum atomic E-state index is -0.0894. The number of hydrogen-bond acceptors (Lipinski definition) is 6. The number of anilines is 2. The maximum absolute atomic E-state index is 9.47. The molecule has 0 radical (unpaired) electrons. The van der Waals surface area contributed by atoms with Crippen molar-refractivity contribution in [3.8, 4) is 11.4 Å². The van der Waals surface area contributed by atoms with Gasteiger partial charge in [0.1, 0.15) is 5.82 Å². The lowest BCUT2D eigenvalue weighted by molar-refractivity contribution is 0.248. The predicted molar refractivity (Wildman–Crippen MR) is 88.8 cm³/mol. The molecule has 2 heterocycles. The number of nitrogens with one attached hydrogen (secondary N) is 2. The summed E-state index contributed by atoms with van der Waals surface area (Å²) in [4.78, 5) is 13.3. The third kappa shape index (κ3) is 4.14. The van der Waals surface area contributed by atoms with Crippen LogP contribution in [-0.4, -0.2) is 39.3 Å². The zero-order valence-corrected chi connectivity index (χ0v) is 13.2. The van der Waals surface area contributed by atoms with Crippen LogP contribution in [-0.2, 0) is 0 Å². The summed E-state index contributed by atoms with van der Waals surface area (Å²) < 4.78 is 0. The van der Waals surface area contributed by atoms with E-state index in [9.17, 15) is 5.11 Å². The van der Waals surface area contributed by atoms with Crippen molar-refractivity contribution in [1.82, 2.24) is 15.0 Å². The molecule has 6 nitrogen and oxygen atoms in total. The second kappa shape index (κ2) is 7.70. The van der Waals surface area contributed by atoms with Gasteiger partial charge in [0.2, 0.25) is 5.95 Å². The summed E-state index contributed by atoms with van der Waals surface area (Å²) in [6, 6.07) is 7.49. The van der Waals surface area contributed by atoms with Gasteiger partial charge < -0.3 is 15.7 Å². The molecule has 2 aromatic heterocycles. The second-order valence-corrected chi connectivity index (χ2v) is 5.38. The van der Waals surface area contributed by atoms with Gasteiger partial charge in [-0.2, -0.15) is 4.98 Å². The summed E-state index contributed by atoms with van der Waals surface area (Å²) in [5, 5.41) is 15.9. The number of aliphatic hydroxyl groups is 1. The molecule has 0 spiro atoms. The molecule has 118 valence electrons. The lowest BCUT2D eigenvalue weighted by Gasteiger charge is -2.20. The maximum atomic E-state index is 9.47. The fourth-order valence-corrected chi connectivity index (χ4v) is 2.02. The standard InChI is InChI=1S/C16H23N5O/c1-4-17-15-9-13(12-7-5-6-8-18-12)19-16(21-15)20-14(10-22)11(2)3/h5-9,11,14,22H,4,10H2,1-3H3,(H2,17,19,20,21)/t14-/m0/s1. The Labute approximate surface area is 131 Å². The summed E-state index contributed by atoms with van der Waals surface area (Å²) >= 11 is 0. The Bertz CT molecular complexity index is 588. The van der Waals surface area contributed by atoms with E-state index < -0.39 is 0 Å². The molecule has 0 saturated carbocycles. The van der Waals surface area contributed by atoms with E-state index in [1.54, 1.807) is 6.20 Å². The maximum Gasteiger partial charge on any atom is 0.225 e. The zero-order chi connectivity index (χ0) is 15.9. The minimum Gasteiger partial charge on any atom is -0.394 e. The first-order chi connectivity index (χ1) is 10.6. The Morgan fingerprint density at radius 1 is 1.18 bits per heavy atom. The van der Waals surface area contributed by atoms with Gasteiger partial charge in [0, 0.05) is 18.8 Å². The van der Waals surface area contributed by atoms with Gasteiger partial charge in [0.25, 0.3) is 0 Å². The van der Waals surface area contributed by atoms with E-state index in [1.165, 1.54) is 0 Å². The molecule has 0 aliphatic rings. The average Bonchev–Trinajstić information content (AvgIpc) is 2.53. The molecule has 2 rings (SSSR count). The molecule has 0 saturated heterocycles. The van der Waals surface area contributed by atoms with Crippen LogP contribution >= 0.6 is 0 Å². The monoisotopic (exact) mass is 301 g/mol. The largest absolute Gasteiger partial charge is 0.394 e. The highest BCUT2D eigenvalue weighted by molar-refractivity contribution is 5.60. The topological polar surface area (TPSA) is 83.0 Å². The Morgan fingerprint density at radius 2 is 2.00 bits per heavy atom. The van der Waals surface area contributed by atoms with Crippen LogP contribution in [0.5, 0.6) is 0 Å². The molecule has 22 heavy (non-hydrogen) atoms. The Balaban J connectivity index is 2.35. The SMILES string of the molecule is CCNc1cc(-c2ccccn2)nc(N[C@@H](CO)C(C)C)n1. The van der Waals surface area contributed by atoms with Crippen LogP contribution in [0.4, 0.5) is 11.8 Å². The van der Waals surface area contributed by atoms with Gasteiger partial charge in [-0.05, 0) is 25.0 Å². The highest BCUT2D eigenvalue weighted by Gasteiger charge is 2.15. The second-order valence-electron chi connectivity index (χ2n) is 5.38. The summed E-state index contributed by atoms with van der Waals surface area (Å²) in [7, 11) is 0. The van der Waals surface area contributed by atoms with Gasteiger partial charge in [-0.25, -0.2) is 4.98 Å². The molecule has 0 bridgehead atoms. The number of pyridine rings is 1. The molecule has 0 fully saturated rings. The van der Waals surface area contributed by atoms with Crippen LogP contribution < -0.4 is 10.6 Å². The first-order valence-corrected chi connectivity index (χ1v) is 7.55. The van der Waals surface area contributed by atoms with E-state index in [1.807, 2.05) is 45.0 Å². The summed E-state index contributed by atoms with van der Waals surface area (Å²) in [5.74, 6) is 1.50. The molecule has 1 atom stereocenters. The molecule has 3 N–H and O–H groups in total. The van der Waals surface area contributed by atoms with E-state index in [0.29, 0.717) is 5.95 Å². The van der Waals surface area contributed by atoms with Crippen LogP contribution in [0.25, 0.3) is 11.4 Å². The molecular weight excluding hydrogens is 278 g/mol. The van der Waals surface area contributed by atoms with Crippen LogP contribution in [0, 0.1) is 5.92 Å². The lowest BCUT2D eigenvalue weighted by atomic mass is 10.1. The van der Waals surface area contributed by atoms with Crippen LogP contribution in [0.15, 0.2) is 30.5 Å². The Morgan fingerprint density at radius 3 is 2.59 bits per heavy atom. The van der Waals surface area contributed by atoms with E-state index in [4.69, 9.17) is 0 Å². The van der Waals surface area contributed by atoms with Crippen molar-refractivity contribution < 1.29 is 5.11 Å². The fourth-order valence-electron chi connectivity index (χ4n) is 2.02. The highest BCUT2D eigenvalue weighted by Crippen LogP contribution is 2.20. The summed E-state index contributed by atoms with van der Waals surface area (Å²) in [6.45, 7) is 6.90. The molecule has 0 unspecified atom stereocenters. The van der Waals surface area contributed by atoms with Gasteiger partial charge in [0.05, 0.1) is 24.0 Å². The van der Waals surface area contributed by atoms with Gasteiger partial charge in [0.15, 0.2) is 0 Å². The molecule has 0 aliphatic carbocycles. The van der Waals surface area contributed by atoms with Crippen molar-refractivity contribution >= 4 is 11.8 Å². The molecular formula is C16H23N5O. The first-order valence-electron chi connectivity index (χ1n) is 7.55. The van der Waals surface area contributed by atoms with Crippen molar-refractivity contribution in [2.75, 3.05) is 23.8 Å². The summed E-state index contributed by atoms with van der Waals surface area (Å²) in [6.07, 6.45) is 1.74. The van der Waals surface area contributed by atoms with Gasteiger partial charge >= 0.3 is 0 Å². The van der Waals surface area contributed by atoms with E-state index in [-0.39, 0.29) is 18.6 Å². The fraction of sp³-hybridized carbons (Fsp3) is 0.438. The molecule has 2 aromatic rings. The van der Waals surface area contributed by atoms with Crippen LogP contribution in [0.2, 0.25) is 0 Å². The third-order valence-electron chi connectivity index (χ3n) is 3.33. The van der Waals surface area contributed by atoms with Crippen molar-refractivity contribution in [3.63, 3.8) is 0 Å². The first kappa shape index (κ1) is 16.2. The smallest absolute Gasteiger partial charge is 0.225 e. The van der Waals surface area contributed by atoms with E-state index in [0.717, 1.165) is 23.8 Å². The number of nitrogens with zero attached hydrogens (tertiary/aromatic N) is 3. The number of aliphatic hydroxyl groups excluding tert-OH is 1. The Hall–Kier alpha value is -2.21. The third-order valence-corrected chi connectivity index (χ3v) is 3.33. The lowest BCUT2D eigenvalue weighted by Crippen LogP contribution is -2.30. The van der Waals surface area contributed by atoms with Crippen molar-refractivity contribution in [2.45, 2.75) is 26.8 Å². The molecule has 0 aromatic carbocycles. The molecule has 0 amide bonds. The summed E-state index contributed by atoms with van der Waals surface area (Å²) in [5.41, 5.74) is 1.53. The Kier molecular flexibility index (Phi) is 5.66. The highest BCUT2D eigenvalue weighted by atomic mass is 16.3. The molecule has 6 heteroatoms. The van der Waals surface area contributed by atoms with Gasteiger partial charge in [-0.15, -0.1) is 0 Å². The van der Waals surface area contributed by atoms with Crippen molar-refractivity contribution in [2.24, 2.45) is 5.92 Å². The van der Waals surface area contributed by atoms with Crippen molar-refractivity contribution in [3.05, 3.63) is 30.5 Å². The predicted octanol–water partition coefficient (Wildman–Crippen LogP) is 2.40. The van der Waals surface area contributed by atoms with E-state index in [2.05, 4.69) is 25.6 Å². The van der Waals surface area contributed by atoms with Gasteiger partial charge in [-0.3, -0.25) is 4.98 Å². The normalized spacial score (nSPS) is 12.2. The van der Waals surface area contributed by atoms with E-state index >= 15 is 0 Å². The number of rotatable bonds is 7. The zero-order valence-electron chi connectivity index (χ0n) is 13.2. The number of hydrogen-bond donors (Lipinski definition) is 3. The number of aromatic nitrogens is 3. The van der Waals surface area contributed by atoms with Gasteiger partial charge in [-0.1, -0.05) is 19.9 Å². The average molecular weight is 301 g/mol. The minimum absolute atomic E-state index is 0.0331. The van der Waals surface area contributed by atoms with Crippen LogP contribution in [0.3, 0.4) is 0 Å². The van der Waals surface area contributed by atoms with Crippen molar-refractivity contribution in [1.29, 1.82) is 0 Å².